The van der Waals surface area contributed by atoms with Gasteiger partial charge in [0.15, 0.2) is 17.3 Å². The maximum Gasteiger partial charge on any atom is 0.162 e. The first kappa shape index (κ1) is 12.9. The van der Waals surface area contributed by atoms with E-state index in [1.807, 2.05) is 6.07 Å². The second-order valence-corrected chi connectivity index (χ2v) is 3.35. The van der Waals surface area contributed by atoms with Crippen molar-refractivity contribution in [3.63, 3.8) is 0 Å². The Kier molecular flexibility index (Phi) is 4.83. The molecule has 1 rings (SSSR count). The summed E-state index contributed by atoms with van der Waals surface area (Å²) >= 11 is 0. The van der Waals surface area contributed by atoms with Crippen LogP contribution in [0.1, 0.15) is 12.5 Å². The van der Waals surface area contributed by atoms with Crippen LogP contribution in [0.15, 0.2) is 24.3 Å². The summed E-state index contributed by atoms with van der Waals surface area (Å²) in [5, 5.41) is 0. The third kappa shape index (κ3) is 4.04. The molecule has 0 atom stereocenters. The Balaban J connectivity index is 2.92. The highest BCUT2D eigenvalue weighted by Gasteiger charge is 2.03. The number of ether oxygens (including phenoxy) is 2. The number of hydrogen-bond acceptors (Lipinski definition) is 3. The summed E-state index contributed by atoms with van der Waals surface area (Å²) in [4.78, 5) is 10.8. The largest absolute Gasteiger partial charge is 0.493 e. The van der Waals surface area contributed by atoms with Gasteiger partial charge in [0, 0.05) is 0 Å². The lowest BCUT2D eigenvalue weighted by molar-refractivity contribution is -0.112. The molecule has 0 saturated heterocycles. The fourth-order valence-corrected chi connectivity index (χ4v) is 1.24. The van der Waals surface area contributed by atoms with Crippen molar-refractivity contribution < 1.29 is 14.3 Å². The summed E-state index contributed by atoms with van der Waals surface area (Å²) in [5.74, 6) is 3.56. The topological polar surface area (TPSA) is 35.5 Å². The molecule has 3 nitrogen and oxygen atoms in total. The first-order chi connectivity index (χ1) is 8.17. The number of carbonyl (C=O) groups is 1. The zero-order chi connectivity index (χ0) is 12.7. The fraction of sp³-hybridized carbons (Fsp3) is 0.214. The van der Waals surface area contributed by atoms with Crippen LogP contribution in [-0.4, -0.2) is 19.5 Å². The number of carbonyl (C=O) groups excluding carboxylic acids is 1. The van der Waals surface area contributed by atoms with Crippen molar-refractivity contribution in [3.05, 3.63) is 29.8 Å². The minimum atomic E-state index is -0.00312. The number of methoxy groups -OCH3 is 1. The Hall–Kier alpha value is -2.21. The van der Waals surface area contributed by atoms with E-state index in [9.17, 15) is 4.79 Å². The lowest BCUT2D eigenvalue weighted by Gasteiger charge is -2.09. The van der Waals surface area contributed by atoms with Crippen LogP contribution in [0.2, 0.25) is 0 Å². The van der Waals surface area contributed by atoms with Crippen molar-refractivity contribution in [1.29, 1.82) is 0 Å². The van der Waals surface area contributed by atoms with E-state index < -0.39 is 0 Å². The first-order valence-corrected chi connectivity index (χ1v) is 5.10. The van der Waals surface area contributed by atoms with E-state index >= 15 is 0 Å². The van der Waals surface area contributed by atoms with Crippen LogP contribution in [0.4, 0.5) is 0 Å². The van der Waals surface area contributed by atoms with Crippen molar-refractivity contribution in [3.8, 4) is 23.8 Å². The SMILES string of the molecule is C#CCOc1ccc(/C=C/C(C)=O)cc1OC. The van der Waals surface area contributed by atoms with Gasteiger partial charge in [0.05, 0.1) is 7.11 Å². The number of terminal acetylenes is 1. The fourth-order valence-electron chi connectivity index (χ4n) is 1.24. The van der Waals surface area contributed by atoms with Gasteiger partial charge in [-0.2, -0.15) is 0 Å². The monoisotopic (exact) mass is 230 g/mol. The van der Waals surface area contributed by atoms with Crippen LogP contribution >= 0.6 is 0 Å². The molecule has 0 fully saturated rings. The molecule has 0 aliphatic rings. The molecule has 17 heavy (non-hydrogen) atoms. The number of allylic oxidation sites excluding steroid dienone is 1. The van der Waals surface area contributed by atoms with Gasteiger partial charge in [-0.3, -0.25) is 4.79 Å². The Morgan fingerprint density at radius 3 is 2.82 bits per heavy atom. The number of ketones is 1. The number of rotatable bonds is 5. The molecule has 0 spiro atoms. The second kappa shape index (κ2) is 6.39. The lowest BCUT2D eigenvalue weighted by atomic mass is 10.2. The highest BCUT2D eigenvalue weighted by atomic mass is 16.5. The predicted octanol–water partition coefficient (Wildman–Crippen LogP) is 2.31. The lowest BCUT2D eigenvalue weighted by Crippen LogP contribution is -1.96. The van der Waals surface area contributed by atoms with E-state index in [4.69, 9.17) is 15.9 Å². The van der Waals surface area contributed by atoms with E-state index in [0.717, 1.165) is 5.56 Å². The molecule has 3 heteroatoms. The zero-order valence-corrected chi connectivity index (χ0v) is 9.90. The molecule has 88 valence electrons. The van der Waals surface area contributed by atoms with Crippen molar-refractivity contribution in [1.82, 2.24) is 0 Å². The molecular weight excluding hydrogens is 216 g/mol. The molecule has 0 aliphatic carbocycles. The van der Waals surface area contributed by atoms with Gasteiger partial charge in [0.1, 0.15) is 6.61 Å². The number of benzene rings is 1. The van der Waals surface area contributed by atoms with Crippen molar-refractivity contribution in [2.75, 3.05) is 13.7 Å². The van der Waals surface area contributed by atoms with E-state index in [1.54, 1.807) is 25.3 Å². The van der Waals surface area contributed by atoms with E-state index in [1.165, 1.54) is 13.0 Å². The zero-order valence-electron chi connectivity index (χ0n) is 9.90. The summed E-state index contributed by atoms with van der Waals surface area (Å²) in [6.07, 6.45) is 8.33. The predicted molar refractivity (Wildman–Crippen MR) is 67.0 cm³/mol. The molecule has 0 aromatic heterocycles. The number of hydrogen-bond donors (Lipinski definition) is 0. The second-order valence-electron chi connectivity index (χ2n) is 3.35. The molecule has 0 heterocycles. The molecule has 1 aromatic rings. The maximum atomic E-state index is 10.8. The van der Waals surface area contributed by atoms with Crippen molar-refractivity contribution in [2.24, 2.45) is 0 Å². The molecule has 0 amide bonds. The van der Waals surface area contributed by atoms with Gasteiger partial charge in [0.2, 0.25) is 0 Å². The Bertz CT molecular complexity index is 467. The summed E-state index contributed by atoms with van der Waals surface area (Å²) in [6.45, 7) is 1.69. The van der Waals surface area contributed by atoms with Crippen LogP contribution < -0.4 is 9.47 Å². The average Bonchev–Trinajstić information content (AvgIpc) is 2.34. The first-order valence-electron chi connectivity index (χ1n) is 5.10. The molecule has 0 saturated carbocycles. The van der Waals surface area contributed by atoms with Gasteiger partial charge >= 0.3 is 0 Å². The van der Waals surface area contributed by atoms with E-state index in [2.05, 4.69) is 5.92 Å². The molecule has 0 radical (unpaired) electrons. The molecule has 0 bridgehead atoms. The van der Waals surface area contributed by atoms with Gasteiger partial charge in [0.25, 0.3) is 0 Å². The third-order valence-corrected chi connectivity index (χ3v) is 2.01. The minimum absolute atomic E-state index is 0.00312. The van der Waals surface area contributed by atoms with E-state index in [0.29, 0.717) is 11.5 Å². The van der Waals surface area contributed by atoms with Crippen LogP contribution in [0.3, 0.4) is 0 Å². The van der Waals surface area contributed by atoms with Gasteiger partial charge < -0.3 is 9.47 Å². The normalized spacial score (nSPS) is 9.94. The molecular formula is C14H14O3. The van der Waals surface area contributed by atoms with E-state index in [-0.39, 0.29) is 12.4 Å². The van der Waals surface area contributed by atoms with Crippen molar-refractivity contribution in [2.45, 2.75) is 6.92 Å². The van der Waals surface area contributed by atoms with Crippen LogP contribution in [-0.2, 0) is 4.79 Å². The summed E-state index contributed by atoms with van der Waals surface area (Å²) in [5.41, 5.74) is 0.866. The van der Waals surface area contributed by atoms with Crippen LogP contribution in [0.5, 0.6) is 11.5 Å². The average molecular weight is 230 g/mol. The quantitative estimate of drug-likeness (QED) is 0.575. The maximum absolute atomic E-state index is 10.8. The summed E-state index contributed by atoms with van der Waals surface area (Å²) < 4.78 is 10.5. The van der Waals surface area contributed by atoms with Crippen molar-refractivity contribution >= 4 is 11.9 Å². The Morgan fingerprint density at radius 1 is 1.47 bits per heavy atom. The Morgan fingerprint density at radius 2 is 2.24 bits per heavy atom. The van der Waals surface area contributed by atoms with Crippen LogP contribution in [0, 0.1) is 12.3 Å². The molecule has 0 unspecified atom stereocenters. The summed E-state index contributed by atoms with van der Waals surface area (Å²) in [6, 6.07) is 5.37. The molecule has 1 aromatic carbocycles. The Labute approximate surface area is 101 Å². The van der Waals surface area contributed by atoms with Gasteiger partial charge in [-0.15, -0.1) is 6.42 Å². The molecule has 0 N–H and O–H groups in total. The highest BCUT2D eigenvalue weighted by molar-refractivity contribution is 5.91. The minimum Gasteiger partial charge on any atom is -0.493 e. The third-order valence-electron chi connectivity index (χ3n) is 2.01. The van der Waals surface area contributed by atoms with Gasteiger partial charge in [-0.1, -0.05) is 18.1 Å². The summed E-state index contributed by atoms with van der Waals surface area (Å²) in [7, 11) is 1.55. The molecule has 0 aliphatic heterocycles. The van der Waals surface area contributed by atoms with Gasteiger partial charge in [-0.05, 0) is 30.7 Å². The highest BCUT2D eigenvalue weighted by Crippen LogP contribution is 2.28. The standard InChI is InChI=1S/C14H14O3/c1-4-9-17-13-8-7-12(6-5-11(2)15)10-14(13)16-3/h1,5-8,10H,9H2,2-3H3/b6-5+. The van der Waals surface area contributed by atoms with Gasteiger partial charge in [-0.25, -0.2) is 0 Å². The smallest absolute Gasteiger partial charge is 0.162 e. The van der Waals surface area contributed by atoms with Crippen LogP contribution in [0.25, 0.3) is 6.08 Å².